The Morgan fingerprint density at radius 2 is 0.980 bits per heavy atom. The van der Waals surface area contributed by atoms with Crippen molar-refractivity contribution in [3.8, 4) is 0 Å². The van der Waals surface area contributed by atoms with E-state index < -0.39 is 18.0 Å². The maximum Gasteiger partial charge on any atom is 0.326 e. The summed E-state index contributed by atoms with van der Waals surface area (Å²) < 4.78 is 10.6. The molecule has 1 atom stereocenters. The lowest BCUT2D eigenvalue weighted by Gasteiger charge is -2.14. The molecule has 0 rings (SSSR count). The van der Waals surface area contributed by atoms with Gasteiger partial charge in [0.15, 0.2) is 5.78 Å². The molecule has 0 aromatic heterocycles. The number of rotatable bonds is 38. The normalized spacial score (nSPS) is 11.7. The molecule has 2 amide bonds. The van der Waals surface area contributed by atoms with E-state index in [1.54, 1.807) is 0 Å². The maximum atomic E-state index is 12.3. The zero-order valence-electron chi connectivity index (χ0n) is 31.8. The molecule has 4 N–H and O–H groups in total. The Morgan fingerprint density at radius 1 is 0.529 bits per heavy atom. The molecule has 0 saturated heterocycles. The number of amides is 2. The molecule has 51 heavy (non-hydrogen) atoms. The van der Waals surface area contributed by atoms with Crippen LogP contribution in [-0.2, 0) is 38.2 Å². The molecule has 296 valence electrons. The summed E-state index contributed by atoms with van der Waals surface area (Å²) in [5.41, 5.74) is 0. The SMILES string of the molecule is CC(C)C(=O)COCCOCCNC(=O)CCCCC(=O)CC[C@H](NC(=O)CCCCCCCCCCCCCCCCCCC(=O)O)C(=O)O. The summed E-state index contributed by atoms with van der Waals surface area (Å²) in [5, 5.41) is 23.5. The van der Waals surface area contributed by atoms with Gasteiger partial charge >= 0.3 is 11.9 Å². The van der Waals surface area contributed by atoms with Gasteiger partial charge in [0, 0.05) is 44.6 Å². The second kappa shape index (κ2) is 34.2. The van der Waals surface area contributed by atoms with Crippen LogP contribution in [0.5, 0.6) is 0 Å². The van der Waals surface area contributed by atoms with E-state index in [4.69, 9.17) is 14.6 Å². The lowest BCUT2D eigenvalue weighted by molar-refractivity contribution is -0.142. The lowest BCUT2D eigenvalue weighted by Crippen LogP contribution is -2.41. The molecule has 0 aliphatic carbocycles. The van der Waals surface area contributed by atoms with Crippen molar-refractivity contribution in [2.75, 3.05) is 33.0 Å². The molecular weight excluding hydrogens is 656 g/mol. The molecule has 0 heterocycles. The minimum atomic E-state index is -1.14. The fraction of sp³-hybridized carbons (Fsp3) is 0.846. The zero-order valence-corrected chi connectivity index (χ0v) is 31.8. The third kappa shape index (κ3) is 34.0. The fourth-order valence-electron chi connectivity index (χ4n) is 5.51. The quantitative estimate of drug-likeness (QED) is 0.0486. The number of hydrogen-bond acceptors (Lipinski definition) is 8. The number of aliphatic carboxylic acids is 2. The molecule has 0 radical (unpaired) electrons. The highest BCUT2D eigenvalue weighted by Gasteiger charge is 2.20. The Labute approximate surface area is 306 Å². The number of ketones is 2. The Morgan fingerprint density at radius 3 is 1.49 bits per heavy atom. The number of unbranched alkanes of at least 4 members (excludes halogenated alkanes) is 16. The highest BCUT2D eigenvalue weighted by atomic mass is 16.5. The number of hydrogen-bond donors (Lipinski definition) is 4. The summed E-state index contributed by atoms with van der Waals surface area (Å²) in [6.45, 7) is 5.05. The van der Waals surface area contributed by atoms with Crippen LogP contribution in [0.3, 0.4) is 0 Å². The Balaban J connectivity index is 3.70. The second-order valence-electron chi connectivity index (χ2n) is 13.9. The molecule has 0 saturated carbocycles. The van der Waals surface area contributed by atoms with E-state index >= 15 is 0 Å². The van der Waals surface area contributed by atoms with Crippen molar-refractivity contribution >= 4 is 35.3 Å². The number of carbonyl (C=O) groups is 6. The third-order valence-corrected chi connectivity index (χ3v) is 8.83. The monoisotopic (exact) mass is 727 g/mol. The van der Waals surface area contributed by atoms with E-state index in [1.165, 1.54) is 57.8 Å². The first-order valence-corrected chi connectivity index (χ1v) is 19.7. The number of ether oxygens (including phenoxy) is 2. The van der Waals surface area contributed by atoms with E-state index in [2.05, 4.69) is 10.6 Å². The molecule has 0 unspecified atom stereocenters. The van der Waals surface area contributed by atoms with Crippen molar-refractivity contribution in [1.29, 1.82) is 0 Å². The molecule has 0 aromatic rings. The van der Waals surface area contributed by atoms with Crippen LogP contribution in [-0.4, -0.2) is 84.5 Å². The van der Waals surface area contributed by atoms with Gasteiger partial charge in [-0.1, -0.05) is 104 Å². The molecule has 0 bridgehead atoms. The molecule has 12 nitrogen and oxygen atoms in total. The van der Waals surface area contributed by atoms with Crippen molar-refractivity contribution < 1.29 is 48.5 Å². The molecule has 0 spiro atoms. The van der Waals surface area contributed by atoms with Gasteiger partial charge in [-0.2, -0.15) is 0 Å². The molecule has 0 fully saturated rings. The maximum absolute atomic E-state index is 12.3. The topological polar surface area (TPSA) is 185 Å². The van der Waals surface area contributed by atoms with Crippen LogP contribution in [0.1, 0.15) is 168 Å². The van der Waals surface area contributed by atoms with Crippen LogP contribution in [0.2, 0.25) is 0 Å². The van der Waals surface area contributed by atoms with Gasteiger partial charge in [0.2, 0.25) is 11.8 Å². The predicted molar refractivity (Wildman–Crippen MR) is 198 cm³/mol. The van der Waals surface area contributed by atoms with E-state index in [1.807, 2.05) is 13.8 Å². The van der Waals surface area contributed by atoms with Gasteiger partial charge in [0.05, 0.1) is 19.8 Å². The van der Waals surface area contributed by atoms with Crippen LogP contribution in [0, 0.1) is 5.92 Å². The molecule has 0 aliphatic heterocycles. The van der Waals surface area contributed by atoms with E-state index in [0.29, 0.717) is 45.6 Å². The zero-order chi connectivity index (χ0) is 38.0. The van der Waals surface area contributed by atoms with Gasteiger partial charge in [-0.05, 0) is 32.1 Å². The van der Waals surface area contributed by atoms with Gasteiger partial charge in [-0.3, -0.25) is 24.0 Å². The van der Waals surface area contributed by atoms with E-state index in [-0.39, 0.29) is 74.4 Å². The summed E-state index contributed by atoms with van der Waals surface area (Å²) in [6.07, 6.45) is 20.3. The highest BCUT2D eigenvalue weighted by molar-refractivity contribution is 5.85. The fourth-order valence-corrected chi connectivity index (χ4v) is 5.51. The number of carbonyl (C=O) groups excluding carboxylic acids is 4. The standard InChI is InChI=1S/C39H70N2O10/c1-32(2)35(43)31-51-30-29-50-28-27-40-36(44)22-20-19-21-33(42)25-26-34(39(48)49)41-37(45)23-17-15-13-11-9-7-5-3-4-6-8-10-12-14-16-18-24-38(46)47/h32,34H,3-31H2,1-2H3,(H,40,44)(H,41,45)(H,46,47)(H,48,49)/t34-/m0/s1. The van der Waals surface area contributed by atoms with Crippen molar-refractivity contribution in [1.82, 2.24) is 10.6 Å². The first kappa shape index (κ1) is 48.1. The predicted octanol–water partition coefficient (Wildman–Crippen LogP) is 6.95. The summed E-state index contributed by atoms with van der Waals surface area (Å²) in [7, 11) is 0. The lowest BCUT2D eigenvalue weighted by atomic mass is 10.0. The number of Topliss-reactive ketones (excluding diaryl/α,β-unsaturated/α-hetero) is 2. The Hall–Kier alpha value is -2.86. The van der Waals surface area contributed by atoms with Gasteiger partial charge < -0.3 is 30.3 Å². The van der Waals surface area contributed by atoms with Crippen LogP contribution >= 0.6 is 0 Å². The van der Waals surface area contributed by atoms with E-state index in [0.717, 1.165) is 38.5 Å². The average Bonchev–Trinajstić information content (AvgIpc) is 3.08. The summed E-state index contributed by atoms with van der Waals surface area (Å²) >= 11 is 0. The number of carboxylic acid groups (broad SMARTS) is 2. The largest absolute Gasteiger partial charge is 0.481 e. The molecule has 12 heteroatoms. The average molecular weight is 727 g/mol. The Kier molecular flexibility index (Phi) is 32.3. The van der Waals surface area contributed by atoms with Crippen molar-refractivity contribution in [3.05, 3.63) is 0 Å². The Bertz CT molecular complexity index is 956. The summed E-state index contributed by atoms with van der Waals surface area (Å²) in [5.74, 6) is -2.37. The second-order valence-corrected chi connectivity index (χ2v) is 13.9. The molecule has 0 aliphatic rings. The van der Waals surface area contributed by atoms with Crippen molar-refractivity contribution in [3.63, 3.8) is 0 Å². The number of carboxylic acids is 2. The van der Waals surface area contributed by atoms with E-state index in [9.17, 15) is 33.9 Å². The first-order valence-electron chi connectivity index (χ1n) is 19.7. The van der Waals surface area contributed by atoms with Crippen molar-refractivity contribution in [2.24, 2.45) is 5.92 Å². The van der Waals surface area contributed by atoms with Crippen molar-refractivity contribution in [2.45, 2.75) is 174 Å². The van der Waals surface area contributed by atoms with Gasteiger partial charge in [-0.15, -0.1) is 0 Å². The van der Waals surface area contributed by atoms with Gasteiger partial charge in [-0.25, -0.2) is 4.79 Å². The first-order chi connectivity index (χ1) is 24.5. The summed E-state index contributed by atoms with van der Waals surface area (Å²) in [6, 6.07) is -1.08. The van der Waals surface area contributed by atoms with Crippen LogP contribution in [0.4, 0.5) is 0 Å². The van der Waals surface area contributed by atoms with Crippen LogP contribution < -0.4 is 10.6 Å². The minimum Gasteiger partial charge on any atom is -0.481 e. The highest BCUT2D eigenvalue weighted by Crippen LogP contribution is 2.15. The van der Waals surface area contributed by atoms with Crippen LogP contribution in [0.25, 0.3) is 0 Å². The van der Waals surface area contributed by atoms with Gasteiger partial charge in [0.25, 0.3) is 0 Å². The molecular formula is C39H70N2O10. The van der Waals surface area contributed by atoms with Gasteiger partial charge in [0.1, 0.15) is 18.4 Å². The third-order valence-electron chi connectivity index (χ3n) is 8.83. The minimum absolute atomic E-state index is 0.0433. The molecule has 0 aromatic carbocycles. The summed E-state index contributed by atoms with van der Waals surface area (Å²) in [4.78, 5) is 70.2. The van der Waals surface area contributed by atoms with Crippen LogP contribution in [0.15, 0.2) is 0 Å². The smallest absolute Gasteiger partial charge is 0.326 e. The number of nitrogens with one attached hydrogen (secondary N) is 2.